The summed E-state index contributed by atoms with van der Waals surface area (Å²) in [5, 5.41) is 7.17. The topological polar surface area (TPSA) is 21.3 Å². The Morgan fingerprint density at radius 1 is 0.344 bits per heavy atom. The summed E-state index contributed by atoms with van der Waals surface area (Å²) in [6.45, 7) is 0. The van der Waals surface area contributed by atoms with Crippen molar-refractivity contribution >= 4 is 71.6 Å². The standard InChI is InChI=1S/C58H38N2O/c1-2-16-41-38-44(32-31-39(41)15-1)43-18-13-17-42(37-43)40-33-35-45(36-34-40)59(52-25-7-5-21-48(52)50-23-14-24-51-49-22-6-12-30-57(49)61-58(50)51)55-28-10-11-29-56(55)60-53-26-8-3-19-46(53)47-20-4-9-27-54(47)60/h1-38H. The predicted octanol–water partition coefficient (Wildman–Crippen LogP) is 16.3. The Morgan fingerprint density at radius 2 is 0.902 bits per heavy atom. The summed E-state index contributed by atoms with van der Waals surface area (Å²) in [6.07, 6.45) is 0. The molecule has 12 rings (SSSR count). The van der Waals surface area contributed by atoms with Crippen molar-refractivity contribution < 1.29 is 4.42 Å². The molecular formula is C58H38N2O. The maximum Gasteiger partial charge on any atom is 0.143 e. The van der Waals surface area contributed by atoms with E-state index in [0.717, 1.165) is 72.4 Å². The highest BCUT2D eigenvalue weighted by molar-refractivity contribution is 6.12. The molecule has 0 aliphatic heterocycles. The number of furan rings is 1. The normalized spacial score (nSPS) is 11.6. The molecule has 286 valence electrons. The van der Waals surface area contributed by atoms with Gasteiger partial charge in [-0.1, -0.05) is 170 Å². The number of hydrogen-bond donors (Lipinski definition) is 0. The van der Waals surface area contributed by atoms with Crippen LogP contribution in [0.25, 0.3) is 93.6 Å². The monoisotopic (exact) mass is 778 g/mol. The minimum Gasteiger partial charge on any atom is -0.455 e. The highest BCUT2D eigenvalue weighted by Gasteiger charge is 2.24. The van der Waals surface area contributed by atoms with E-state index in [0.29, 0.717) is 0 Å². The fourth-order valence-electron chi connectivity index (χ4n) is 9.34. The molecule has 61 heavy (non-hydrogen) atoms. The molecule has 0 radical (unpaired) electrons. The zero-order chi connectivity index (χ0) is 40.3. The molecule has 0 atom stereocenters. The molecule has 3 nitrogen and oxygen atoms in total. The summed E-state index contributed by atoms with van der Waals surface area (Å²) >= 11 is 0. The Balaban J connectivity index is 1.05. The number of nitrogens with zero attached hydrogens (tertiary/aromatic N) is 2. The highest BCUT2D eigenvalue weighted by Crippen LogP contribution is 2.47. The molecule has 0 amide bonds. The lowest BCUT2D eigenvalue weighted by Gasteiger charge is -2.30. The molecule has 2 aromatic heterocycles. The van der Waals surface area contributed by atoms with E-state index >= 15 is 0 Å². The summed E-state index contributed by atoms with van der Waals surface area (Å²) in [5.74, 6) is 0. The van der Waals surface area contributed by atoms with Crippen LogP contribution in [-0.4, -0.2) is 4.57 Å². The Kier molecular flexibility index (Phi) is 8.17. The fraction of sp³-hybridized carbons (Fsp3) is 0. The second-order valence-electron chi connectivity index (χ2n) is 15.7. The molecular weight excluding hydrogens is 741 g/mol. The van der Waals surface area contributed by atoms with Crippen LogP contribution in [0.4, 0.5) is 17.1 Å². The molecule has 0 spiro atoms. The minimum atomic E-state index is 0.883. The molecule has 0 aliphatic carbocycles. The molecule has 0 saturated heterocycles. The number of benzene rings is 10. The van der Waals surface area contributed by atoms with Crippen LogP contribution in [0.3, 0.4) is 0 Å². The summed E-state index contributed by atoms with van der Waals surface area (Å²) in [6, 6.07) is 82.9. The lowest BCUT2D eigenvalue weighted by Crippen LogP contribution is -2.14. The van der Waals surface area contributed by atoms with Crippen molar-refractivity contribution in [1.29, 1.82) is 0 Å². The molecule has 0 bridgehead atoms. The third-order valence-corrected chi connectivity index (χ3v) is 12.2. The second-order valence-corrected chi connectivity index (χ2v) is 15.7. The van der Waals surface area contributed by atoms with Gasteiger partial charge in [0.05, 0.1) is 28.1 Å². The maximum absolute atomic E-state index is 6.67. The third-order valence-electron chi connectivity index (χ3n) is 12.2. The van der Waals surface area contributed by atoms with Gasteiger partial charge in [-0.2, -0.15) is 0 Å². The molecule has 3 heteroatoms. The lowest BCUT2D eigenvalue weighted by molar-refractivity contribution is 0.670. The van der Waals surface area contributed by atoms with Gasteiger partial charge in [-0.3, -0.25) is 0 Å². The van der Waals surface area contributed by atoms with Crippen molar-refractivity contribution in [3.63, 3.8) is 0 Å². The van der Waals surface area contributed by atoms with Crippen molar-refractivity contribution in [2.45, 2.75) is 0 Å². The van der Waals surface area contributed by atoms with Gasteiger partial charge in [-0.05, 0) is 93.7 Å². The summed E-state index contributed by atoms with van der Waals surface area (Å²) in [7, 11) is 0. The maximum atomic E-state index is 6.67. The van der Waals surface area contributed by atoms with E-state index < -0.39 is 0 Å². The Morgan fingerprint density at radius 3 is 1.70 bits per heavy atom. The number of anilines is 3. The van der Waals surface area contributed by atoms with E-state index in [4.69, 9.17) is 4.42 Å². The van der Waals surface area contributed by atoms with Crippen LogP contribution in [0.15, 0.2) is 235 Å². The summed E-state index contributed by atoms with van der Waals surface area (Å²) in [5.41, 5.74) is 15.2. The van der Waals surface area contributed by atoms with Gasteiger partial charge in [-0.25, -0.2) is 0 Å². The average molecular weight is 779 g/mol. The van der Waals surface area contributed by atoms with E-state index in [9.17, 15) is 0 Å². The largest absolute Gasteiger partial charge is 0.455 e. The van der Waals surface area contributed by atoms with Gasteiger partial charge in [0.1, 0.15) is 11.2 Å². The van der Waals surface area contributed by atoms with Crippen LogP contribution in [0.2, 0.25) is 0 Å². The Hall–Kier alpha value is -8.14. The van der Waals surface area contributed by atoms with E-state index in [1.807, 2.05) is 6.07 Å². The van der Waals surface area contributed by atoms with Gasteiger partial charge < -0.3 is 13.9 Å². The molecule has 0 N–H and O–H groups in total. The van der Waals surface area contributed by atoms with Crippen LogP contribution in [0.1, 0.15) is 0 Å². The van der Waals surface area contributed by atoms with Gasteiger partial charge in [0.15, 0.2) is 0 Å². The van der Waals surface area contributed by atoms with Crippen LogP contribution >= 0.6 is 0 Å². The molecule has 0 aliphatic rings. The number of hydrogen-bond acceptors (Lipinski definition) is 2. The van der Waals surface area contributed by atoms with Gasteiger partial charge in [0.25, 0.3) is 0 Å². The highest BCUT2D eigenvalue weighted by atomic mass is 16.3. The van der Waals surface area contributed by atoms with Crippen molar-refractivity contribution in [3.05, 3.63) is 231 Å². The SMILES string of the molecule is c1cc(-c2ccc(N(c3ccccc3-c3cccc4c3oc3ccccc34)c3ccccc3-n3c4ccccc4c4ccccc43)cc2)cc(-c2ccc3ccccc3c2)c1. The smallest absolute Gasteiger partial charge is 0.143 e. The quantitative estimate of drug-likeness (QED) is 0.161. The van der Waals surface area contributed by atoms with Gasteiger partial charge in [0, 0.05) is 38.4 Å². The number of rotatable bonds is 7. The van der Waals surface area contributed by atoms with Crippen molar-refractivity contribution in [2.75, 3.05) is 4.90 Å². The summed E-state index contributed by atoms with van der Waals surface area (Å²) < 4.78 is 9.09. The predicted molar refractivity (Wildman–Crippen MR) is 257 cm³/mol. The van der Waals surface area contributed by atoms with E-state index in [2.05, 4.69) is 234 Å². The van der Waals surface area contributed by atoms with Gasteiger partial charge >= 0.3 is 0 Å². The van der Waals surface area contributed by atoms with E-state index in [1.54, 1.807) is 0 Å². The fourth-order valence-corrected chi connectivity index (χ4v) is 9.34. The first-order chi connectivity index (χ1) is 30.3. The molecule has 0 saturated carbocycles. The number of para-hydroxylation sites is 7. The zero-order valence-corrected chi connectivity index (χ0v) is 33.2. The van der Waals surface area contributed by atoms with Gasteiger partial charge in [-0.15, -0.1) is 0 Å². The molecule has 10 aromatic carbocycles. The molecule has 12 aromatic rings. The van der Waals surface area contributed by atoms with Crippen LogP contribution in [-0.2, 0) is 0 Å². The summed E-state index contributed by atoms with van der Waals surface area (Å²) in [4.78, 5) is 2.42. The molecule has 0 fully saturated rings. The average Bonchev–Trinajstić information content (AvgIpc) is 3.88. The first kappa shape index (κ1) is 34.9. The first-order valence-electron chi connectivity index (χ1n) is 20.8. The molecule has 0 unspecified atom stereocenters. The van der Waals surface area contributed by atoms with Crippen molar-refractivity contribution in [2.24, 2.45) is 0 Å². The minimum absolute atomic E-state index is 0.883. The first-order valence-corrected chi connectivity index (χ1v) is 20.8. The third kappa shape index (κ3) is 5.82. The number of aromatic nitrogens is 1. The van der Waals surface area contributed by atoms with Crippen molar-refractivity contribution in [3.8, 4) is 39.1 Å². The molecule has 2 heterocycles. The Bertz CT molecular complexity index is 3560. The van der Waals surface area contributed by atoms with Crippen LogP contribution in [0, 0.1) is 0 Å². The van der Waals surface area contributed by atoms with Crippen molar-refractivity contribution in [1.82, 2.24) is 4.57 Å². The van der Waals surface area contributed by atoms with Crippen LogP contribution in [0.5, 0.6) is 0 Å². The Labute approximate surface area is 353 Å². The van der Waals surface area contributed by atoms with Crippen LogP contribution < -0.4 is 4.90 Å². The number of fused-ring (bicyclic) bond motifs is 7. The van der Waals surface area contributed by atoms with E-state index in [-0.39, 0.29) is 0 Å². The second kappa shape index (κ2) is 14.3. The van der Waals surface area contributed by atoms with E-state index in [1.165, 1.54) is 38.2 Å². The van der Waals surface area contributed by atoms with Gasteiger partial charge in [0.2, 0.25) is 0 Å². The lowest BCUT2D eigenvalue weighted by atomic mass is 9.97. The zero-order valence-electron chi connectivity index (χ0n) is 33.2.